The molecular formula is C26H52. The molecule has 156 valence electrons. The zero-order valence-electron chi connectivity index (χ0n) is 19.7. The Hall–Kier alpha value is 0. The first-order chi connectivity index (χ1) is 12.3. The molecule has 0 bridgehead atoms. The molecule has 1 rings (SSSR count). The smallest absolute Gasteiger partial charge is 0.0365 e. The van der Waals surface area contributed by atoms with Crippen LogP contribution in [0, 0.1) is 47.3 Å². The molecule has 0 nitrogen and oxygen atoms in total. The van der Waals surface area contributed by atoms with Crippen molar-refractivity contribution in [3.8, 4) is 0 Å². The summed E-state index contributed by atoms with van der Waals surface area (Å²) >= 11 is 0. The molecular weight excluding hydrogens is 312 g/mol. The van der Waals surface area contributed by atoms with Crippen molar-refractivity contribution in [1.29, 1.82) is 0 Å². The van der Waals surface area contributed by atoms with Gasteiger partial charge < -0.3 is 0 Å². The van der Waals surface area contributed by atoms with Gasteiger partial charge in [-0.3, -0.25) is 0 Å². The maximum absolute atomic E-state index is 2.54. The summed E-state index contributed by atoms with van der Waals surface area (Å²) in [5, 5.41) is 0. The van der Waals surface area contributed by atoms with E-state index >= 15 is 0 Å². The van der Waals surface area contributed by atoms with E-state index in [9.17, 15) is 0 Å². The van der Waals surface area contributed by atoms with Gasteiger partial charge in [-0.05, 0) is 73.0 Å². The van der Waals surface area contributed by atoms with Crippen molar-refractivity contribution in [2.45, 2.75) is 120 Å². The Kier molecular flexibility index (Phi) is 11.5. The minimum Gasteiger partial charge on any atom is -0.0651 e. The van der Waals surface area contributed by atoms with Crippen LogP contribution >= 0.6 is 0 Å². The van der Waals surface area contributed by atoms with Gasteiger partial charge in [-0.2, -0.15) is 0 Å². The monoisotopic (exact) mass is 364 g/mol. The Morgan fingerprint density at radius 3 is 1.85 bits per heavy atom. The van der Waals surface area contributed by atoms with Crippen molar-refractivity contribution in [3.05, 3.63) is 0 Å². The lowest BCUT2D eigenvalue weighted by molar-refractivity contribution is 0.170. The van der Waals surface area contributed by atoms with Crippen LogP contribution in [0.3, 0.4) is 0 Å². The van der Waals surface area contributed by atoms with E-state index in [4.69, 9.17) is 0 Å². The molecule has 0 N–H and O–H groups in total. The lowest BCUT2D eigenvalue weighted by Gasteiger charge is -2.34. The molecule has 1 aliphatic rings. The Labute approximate surface area is 167 Å². The highest BCUT2D eigenvalue weighted by atomic mass is 14.3. The average molecular weight is 365 g/mol. The first-order valence-corrected chi connectivity index (χ1v) is 12.3. The second-order valence-corrected chi connectivity index (χ2v) is 10.7. The maximum atomic E-state index is 2.54. The van der Waals surface area contributed by atoms with E-state index in [1.807, 2.05) is 0 Å². The molecule has 0 saturated heterocycles. The predicted octanol–water partition coefficient (Wildman–Crippen LogP) is 8.99. The molecule has 0 aromatic heterocycles. The molecule has 0 heteroatoms. The molecule has 26 heavy (non-hydrogen) atoms. The quantitative estimate of drug-likeness (QED) is 0.324. The van der Waals surface area contributed by atoms with E-state index in [1.54, 1.807) is 0 Å². The van der Waals surface area contributed by atoms with Gasteiger partial charge in [-0.1, -0.05) is 93.9 Å². The molecule has 0 aromatic carbocycles. The zero-order chi connectivity index (χ0) is 19.7. The summed E-state index contributed by atoms with van der Waals surface area (Å²) in [7, 11) is 0. The summed E-state index contributed by atoms with van der Waals surface area (Å²) in [6.07, 6.45) is 14.6. The van der Waals surface area contributed by atoms with Gasteiger partial charge in [0.15, 0.2) is 0 Å². The van der Waals surface area contributed by atoms with E-state index < -0.39 is 0 Å². The third-order valence-electron chi connectivity index (χ3n) is 8.01. The number of hydrogen-bond acceptors (Lipinski definition) is 0. The molecule has 5 unspecified atom stereocenters. The third kappa shape index (κ3) is 7.93. The fraction of sp³-hybridized carbons (Fsp3) is 1.00. The predicted molar refractivity (Wildman–Crippen MR) is 119 cm³/mol. The van der Waals surface area contributed by atoms with E-state index in [2.05, 4.69) is 55.4 Å². The third-order valence-corrected chi connectivity index (χ3v) is 8.01. The fourth-order valence-corrected chi connectivity index (χ4v) is 6.11. The molecule has 1 fully saturated rings. The molecule has 1 aliphatic carbocycles. The van der Waals surface area contributed by atoms with Crippen molar-refractivity contribution in [2.24, 2.45) is 47.3 Å². The standard InChI is InChI=1S/C26H52/c1-9-23(15-16-25-14-12-11-13-22(25)8)24(10-2)17-21(7)18-26(19(3)4)20(5)6/h19-26H,9-18H2,1-8H3. The van der Waals surface area contributed by atoms with Crippen molar-refractivity contribution < 1.29 is 0 Å². The van der Waals surface area contributed by atoms with E-state index in [1.165, 1.54) is 64.2 Å². The average Bonchev–Trinajstić information content (AvgIpc) is 2.59. The van der Waals surface area contributed by atoms with Gasteiger partial charge in [0.2, 0.25) is 0 Å². The highest BCUT2D eigenvalue weighted by Gasteiger charge is 2.27. The summed E-state index contributed by atoms with van der Waals surface area (Å²) in [5.74, 6) is 7.36. The van der Waals surface area contributed by atoms with E-state index in [-0.39, 0.29) is 0 Å². The second kappa shape index (κ2) is 12.5. The molecule has 0 spiro atoms. The fourth-order valence-electron chi connectivity index (χ4n) is 6.11. The van der Waals surface area contributed by atoms with Crippen molar-refractivity contribution in [1.82, 2.24) is 0 Å². The molecule has 0 radical (unpaired) electrons. The Balaban J connectivity index is 2.54. The maximum Gasteiger partial charge on any atom is -0.0365 e. The zero-order valence-corrected chi connectivity index (χ0v) is 19.7. The van der Waals surface area contributed by atoms with Crippen LogP contribution in [0.4, 0.5) is 0 Å². The molecule has 0 aliphatic heterocycles. The molecule has 5 atom stereocenters. The van der Waals surface area contributed by atoms with Gasteiger partial charge in [0, 0.05) is 0 Å². The summed E-state index contributed by atoms with van der Waals surface area (Å²) < 4.78 is 0. The van der Waals surface area contributed by atoms with Gasteiger partial charge in [0.1, 0.15) is 0 Å². The largest absolute Gasteiger partial charge is 0.0651 e. The van der Waals surface area contributed by atoms with Gasteiger partial charge in [0.05, 0.1) is 0 Å². The lowest BCUT2D eigenvalue weighted by Crippen LogP contribution is -2.23. The SMILES string of the molecule is CCC(CCC1CCCCC1C)C(CC)CC(C)CC(C(C)C)C(C)C. The van der Waals surface area contributed by atoms with Crippen LogP contribution in [-0.2, 0) is 0 Å². The number of hydrogen-bond donors (Lipinski definition) is 0. The minimum absolute atomic E-state index is 0.826. The summed E-state index contributed by atoms with van der Waals surface area (Å²) in [6.45, 7) is 19.7. The Bertz CT molecular complexity index is 334. The summed E-state index contributed by atoms with van der Waals surface area (Å²) in [4.78, 5) is 0. The topological polar surface area (TPSA) is 0 Å². The first kappa shape index (κ1) is 24.0. The number of rotatable bonds is 12. The molecule has 0 amide bonds. The minimum atomic E-state index is 0.826. The molecule has 1 saturated carbocycles. The van der Waals surface area contributed by atoms with Crippen LogP contribution in [0.25, 0.3) is 0 Å². The second-order valence-electron chi connectivity index (χ2n) is 10.7. The van der Waals surface area contributed by atoms with Gasteiger partial charge in [-0.15, -0.1) is 0 Å². The van der Waals surface area contributed by atoms with Crippen LogP contribution in [0.15, 0.2) is 0 Å². The Morgan fingerprint density at radius 1 is 0.769 bits per heavy atom. The van der Waals surface area contributed by atoms with Crippen LogP contribution < -0.4 is 0 Å². The van der Waals surface area contributed by atoms with Crippen LogP contribution in [-0.4, -0.2) is 0 Å². The summed E-state index contributed by atoms with van der Waals surface area (Å²) in [5.41, 5.74) is 0. The van der Waals surface area contributed by atoms with Gasteiger partial charge >= 0.3 is 0 Å². The van der Waals surface area contributed by atoms with Crippen LogP contribution in [0.5, 0.6) is 0 Å². The normalized spacial score (nSPS) is 25.0. The van der Waals surface area contributed by atoms with Crippen LogP contribution in [0.1, 0.15) is 120 Å². The molecule has 0 heterocycles. The van der Waals surface area contributed by atoms with Crippen LogP contribution in [0.2, 0.25) is 0 Å². The van der Waals surface area contributed by atoms with E-state index in [0.717, 1.165) is 47.3 Å². The summed E-state index contributed by atoms with van der Waals surface area (Å²) in [6, 6.07) is 0. The van der Waals surface area contributed by atoms with Gasteiger partial charge in [0.25, 0.3) is 0 Å². The van der Waals surface area contributed by atoms with Crippen molar-refractivity contribution in [2.75, 3.05) is 0 Å². The van der Waals surface area contributed by atoms with Gasteiger partial charge in [-0.25, -0.2) is 0 Å². The molecule has 0 aromatic rings. The first-order valence-electron chi connectivity index (χ1n) is 12.3. The van der Waals surface area contributed by atoms with E-state index in [0.29, 0.717) is 0 Å². The van der Waals surface area contributed by atoms with Crippen molar-refractivity contribution in [3.63, 3.8) is 0 Å². The van der Waals surface area contributed by atoms with Crippen molar-refractivity contribution >= 4 is 0 Å². The highest BCUT2D eigenvalue weighted by Crippen LogP contribution is 2.38. The lowest BCUT2D eigenvalue weighted by atomic mass is 9.72. The Morgan fingerprint density at radius 2 is 1.35 bits per heavy atom. The highest BCUT2D eigenvalue weighted by molar-refractivity contribution is 4.78.